The van der Waals surface area contributed by atoms with Crippen LogP contribution >= 0.6 is 0 Å². The van der Waals surface area contributed by atoms with Crippen molar-refractivity contribution in [2.24, 2.45) is 5.73 Å². The van der Waals surface area contributed by atoms with Crippen molar-refractivity contribution in [3.8, 4) is 0 Å². The number of benzene rings is 1. The van der Waals surface area contributed by atoms with Crippen molar-refractivity contribution in [2.45, 2.75) is 39.7 Å². The Morgan fingerprint density at radius 1 is 1.12 bits per heavy atom. The van der Waals surface area contributed by atoms with E-state index in [0.29, 0.717) is 0 Å². The second kappa shape index (κ2) is 5.35. The van der Waals surface area contributed by atoms with Gasteiger partial charge in [-0.15, -0.1) is 0 Å². The molecule has 2 nitrogen and oxygen atoms in total. The van der Waals surface area contributed by atoms with E-state index in [9.17, 15) is 0 Å². The van der Waals surface area contributed by atoms with Gasteiger partial charge in [0.05, 0.1) is 0 Å². The molecule has 90 valence electrons. The smallest absolute Gasteiger partial charge is 0.0399 e. The van der Waals surface area contributed by atoms with E-state index in [2.05, 4.69) is 56.9 Å². The Bertz CT molecular complexity index is 322. The molecule has 0 aliphatic rings. The number of para-hydroxylation sites is 1. The number of hydrogen-bond donors (Lipinski definition) is 1. The highest BCUT2D eigenvalue weighted by atomic mass is 15.1. The third-order valence-corrected chi connectivity index (χ3v) is 2.74. The van der Waals surface area contributed by atoms with E-state index in [1.165, 1.54) is 11.3 Å². The fourth-order valence-corrected chi connectivity index (χ4v) is 2.02. The summed E-state index contributed by atoms with van der Waals surface area (Å²) in [6.07, 6.45) is 0.916. The lowest BCUT2D eigenvalue weighted by Crippen LogP contribution is -2.35. The van der Waals surface area contributed by atoms with Crippen LogP contribution in [0.15, 0.2) is 24.3 Å². The number of rotatable bonds is 5. The van der Waals surface area contributed by atoms with Gasteiger partial charge in [-0.1, -0.05) is 18.2 Å². The van der Waals surface area contributed by atoms with Crippen molar-refractivity contribution < 1.29 is 0 Å². The highest BCUT2D eigenvalue weighted by Crippen LogP contribution is 2.23. The van der Waals surface area contributed by atoms with Gasteiger partial charge in [-0.3, -0.25) is 0 Å². The number of nitrogens with two attached hydrogens (primary N) is 1. The zero-order valence-electron chi connectivity index (χ0n) is 11.0. The maximum absolute atomic E-state index is 6.10. The fraction of sp³-hybridized carbons (Fsp3) is 0.571. The van der Waals surface area contributed by atoms with Gasteiger partial charge in [0, 0.05) is 24.3 Å². The molecule has 0 saturated carbocycles. The summed E-state index contributed by atoms with van der Waals surface area (Å²) >= 11 is 0. The van der Waals surface area contributed by atoms with E-state index in [0.717, 1.165) is 19.5 Å². The molecule has 16 heavy (non-hydrogen) atoms. The van der Waals surface area contributed by atoms with Crippen LogP contribution in [0.1, 0.15) is 33.3 Å². The molecule has 1 aromatic rings. The summed E-state index contributed by atoms with van der Waals surface area (Å²) in [5.41, 5.74) is 8.62. The zero-order valence-corrected chi connectivity index (χ0v) is 11.0. The van der Waals surface area contributed by atoms with Crippen LogP contribution in [0.3, 0.4) is 0 Å². The van der Waals surface area contributed by atoms with Crippen LogP contribution in [0.5, 0.6) is 0 Å². The fourth-order valence-electron chi connectivity index (χ4n) is 2.02. The van der Waals surface area contributed by atoms with E-state index < -0.39 is 0 Å². The minimum atomic E-state index is -0.150. The Balaban J connectivity index is 3.00. The molecule has 0 amide bonds. The largest absolute Gasteiger partial charge is 0.372 e. The van der Waals surface area contributed by atoms with Crippen molar-refractivity contribution in [3.05, 3.63) is 29.8 Å². The third kappa shape index (κ3) is 3.53. The quantitative estimate of drug-likeness (QED) is 0.826. The van der Waals surface area contributed by atoms with Crippen molar-refractivity contribution in [1.82, 2.24) is 0 Å². The summed E-state index contributed by atoms with van der Waals surface area (Å²) in [6, 6.07) is 8.56. The minimum absolute atomic E-state index is 0.150. The number of hydrogen-bond acceptors (Lipinski definition) is 2. The third-order valence-electron chi connectivity index (χ3n) is 2.74. The Kier molecular flexibility index (Phi) is 4.36. The Hall–Kier alpha value is -1.02. The Morgan fingerprint density at radius 3 is 2.19 bits per heavy atom. The molecule has 0 aliphatic carbocycles. The predicted molar refractivity (Wildman–Crippen MR) is 72.0 cm³/mol. The first-order valence-corrected chi connectivity index (χ1v) is 6.09. The van der Waals surface area contributed by atoms with Crippen molar-refractivity contribution >= 4 is 5.69 Å². The molecule has 0 atom stereocenters. The van der Waals surface area contributed by atoms with Crippen LogP contribution in [-0.2, 0) is 6.42 Å². The predicted octanol–water partition coefficient (Wildman–Crippen LogP) is 2.81. The SMILES string of the molecule is CCN(CC)c1ccccc1CC(C)(C)N. The van der Waals surface area contributed by atoms with Gasteiger partial charge in [0.15, 0.2) is 0 Å². The van der Waals surface area contributed by atoms with Crippen molar-refractivity contribution in [3.63, 3.8) is 0 Å². The maximum atomic E-state index is 6.10. The highest BCUT2D eigenvalue weighted by molar-refractivity contribution is 5.54. The summed E-state index contributed by atoms with van der Waals surface area (Å²) in [5.74, 6) is 0. The average molecular weight is 220 g/mol. The molecule has 0 heterocycles. The van der Waals surface area contributed by atoms with Gasteiger partial charge < -0.3 is 10.6 Å². The summed E-state index contributed by atoms with van der Waals surface area (Å²) in [5, 5.41) is 0. The minimum Gasteiger partial charge on any atom is -0.372 e. The summed E-state index contributed by atoms with van der Waals surface area (Å²) in [4.78, 5) is 2.38. The summed E-state index contributed by atoms with van der Waals surface area (Å²) < 4.78 is 0. The lowest BCUT2D eigenvalue weighted by Gasteiger charge is -2.27. The molecular weight excluding hydrogens is 196 g/mol. The van der Waals surface area contributed by atoms with Crippen molar-refractivity contribution in [1.29, 1.82) is 0 Å². The van der Waals surface area contributed by atoms with E-state index >= 15 is 0 Å². The first-order chi connectivity index (χ1) is 7.48. The van der Waals surface area contributed by atoms with Crippen molar-refractivity contribution in [2.75, 3.05) is 18.0 Å². The van der Waals surface area contributed by atoms with Crippen LogP contribution in [0.4, 0.5) is 5.69 Å². The van der Waals surface area contributed by atoms with Gasteiger partial charge >= 0.3 is 0 Å². The molecule has 0 unspecified atom stereocenters. The van der Waals surface area contributed by atoms with Gasteiger partial charge in [0.25, 0.3) is 0 Å². The lowest BCUT2D eigenvalue weighted by atomic mass is 9.94. The van der Waals surface area contributed by atoms with E-state index in [4.69, 9.17) is 5.73 Å². The topological polar surface area (TPSA) is 29.3 Å². The van der Waals surface area contributed by atoms with Gasteiger partial charge in [0.2, 0.25) is 0 Å². The van der Waals surface area contributed by atoms with Crippen LogP contribution < -0.4 is 10.6 Å². The van der Waals surface area contributed by atoms with Gasteiger partial charge in [-0.2, -0.15) is 0 Å². The Labute approximate surface area is 99.5 Å². The first-order valence-electron chi connectivity index (χ1n) is 6.09. The molecule has 0 saturated heterocycles. The standard InChI is InChI=1S/C14H24N2/c1-5-16(6-2)13-10-8-7-9-12(13)11-14(3,4)15/h7-10H,5-6,11,15H2,1-4H3. The molecule has 1 aromatic carbocycles. The second-order valence-electron chi connectivity index (χ2n) is 4.97. The summed E-state index contributed by atoms with van der Waals surface area (Å²) in [6.45, 7) is 10.6. The van der Waals surface area contributed by atoms with Crippen LogP contribution in [0, 0.1) is 0 Å². The van der Waals surface area contributed by atoms with E-state index in [1.807, 2.05) is 0 Å². The van der Waals surface area contributed by atoms with Crippen LogP contribution in [0.2, 0.25) is 0 Å². The molecule has 0 bridgehead atoms. The van der Waals surface area contributed by atoms with E-state index in [-0.39, 0.29) is 5.54 Å². The molecule has 0 aliphatic heterocycles. The molecule has 1 rings (SSSR count). The number of nitrogens with zero attached hydrogens (tertiary/aromatic N) is 1. The van der Waals surface area contributed by atoms with Crippen LogP contribution in [0.25, 0.3) is 0 Å². The first kappa shape index (κ1) is 13.0. The normalized spacial score (nSPS) is 11.6. The molecule has 0 spiro atoms. The maximum Gasteiger partial charge on any atom is 0.0399 e. The zero-order chi connectivity index (χ0) is 12.2. The highest BCUT2D eigenvalue weighted by Gasteiger charge is 2.15. The van der Waals surface area contributed by atoms with Gasteiger partial charge in [-0.25, -0.2) is 0 Å². The molecular formula is C14H24N2. The molecule has 2 heteroatoms. The van der Waals surface area contributed by atoms with Gasteiger partial charge in [0.1, 0.15) is 0 Å². The molecule has 0 fully saturated rings. The Morgan fingerprint density at radius 2 is 1.69 bits per heavy atom. The van der Waals surface area contributed by atoms with Gasteiger partial charge in [-0.05, 0) is 45.7 Å². The monoisotopic (exact) mass is 220 g/mol. The average Bonchev–Trinajstić information content (AvgIpc) is 2.20. The van der Waals surface area contributed by atoms with Crippen LogP contribution in [-0.4, -0.2) is 18.6 Å². The second-order valence-corrected chi connectivity index (χ2v) is 4.97. The summed E-state index contributed by atoms with van der Waals surface area (Å²) in [7, 11) is 0. The van der Waals surface area contributed by atoms with E-state index in [1.54, 1.807) is 0 Å². The number of anilines is 1. The molecule has 0 radical (unpaired) electrons. The molecule has 2 N–H and O–H groups in total. The molecule has 0 aromatic heterocycles. The lowest BCUT2D eigenvalue weighted by molar-refractivity contribution is 0.516.